The lowest BCUT2D eigenvalue weighted by atomic mass is 9.97. The van der Waals surface area contributed by atoms with Crippen LogP contribution in [0.2, 0.25) is 0 Å². The van der Waals surface area contributed by atoms with Crippen molar-refractivity contribution in [3.8, 4) is 0 Å². The Morgan fingerprint density at radius 3 is 2.41 bits per heavy atom. The highest BCUT2D eigenvalue weighted by molar-refractivity contribution is 5.94. The zero-order chi connectivity index (χ0) is 13.2. The number of carbonyl (C=O) groups excluding carboxylic acids is 2. The molecule has 1 rings (SSSR count). The van der Waals surface area contributed by atoms with Crippen molar-refractivity contribution in [2.24, 2.45) is 5.92 Å². The molecule has 17 heavy (non-hydrogen) atoms. The average Bonchev–Trinajstić information content (AvgIpc) is 2.14. The van der Waals surface area contributed by atoms with Gasteiger partial charge in [-0.2, -0.15) is 0 Å². The monoisotopic (exact) mass is 243 g/mol. The summed E-state index contributed by atoms with van der Waals surface area (Å²) in [5, 5.41) is 8.78. The smallest absolute Gasteiger partial charge is 0.417 e. The third kappa shape index (κ3) is 3.72. The van der Waals surface area contributed by atoms with Crippen molar-refractivity contribution < 1.29 is 24.2 Å². The van der Waals surface area contributed by atoms with Crippen molar-refractivity contribution in [1.29, 1.82) is 0 Å². The Hall–Kier alpha value is -1.59. The molecule has 0 aliphatic carbocycles. The number of aliphatic carboxylic acids is 1. The maximum atomic E-state index is 11.6. The van der Waals surface area contributed by atoms with Crippen molar-refractivity contribution in [2.45, 2.75) is 39.2 Å². The van der Waals surface area contributed by atoms with Crippen molar-refractivity contribution in [3.63, 3.8) is 0 Å². The molecule has 1 atom stereocenters. The number of hydrogen-bond donors (Lipinski definition) is 1. The lowest BCUT2D eigenvalue weighted by Gasteiger charge is -2.30. The highest BCUT2D eigenvalue weighted by Crippen LogP contribution is 2.20. The summed E-state index contributed by atoms with van der Waals surface area (Å²) in [5.74, 6) is -2.18. The maximum absolute atomic E-state index is 11.6. The average molecular weight is 243 g/mol. The van der Waals surface area contributed by atoms with Crippen molar-refractivity contribution in [3.05, 3.63) is 0 Å². The van der Waals surface area contributed by atoms with E-state index in [1.54, 1.807) is 20.8 Å². The van der Waals surface area contributed by atoms with Crippen LogP contribution in [-0.4, -0.2) is 40.1 Å². The normalized spacial score (nSPS) is 21.2. The van der Waals surface area contributed by atoms with Gasteiger partial charge in [0.25, 0.3) is 0 Å². The number of likely N-dealkylation sites (tertiary alicyclic amines) is 1. The van der Waals surface area contributed by atoms with Crippen LogP contribution in [0.5, 0.6) is 0 Å². The summed E-state index contributed by atoms with van der Waals surface area (Å²) < 4.78 is 5.06. The van der Waals surface area contributed by atoms with Gasteiger partial charge in [0.2, 0.25) is 5.91 Å². The van der Waals surface area contributed by atoms with Crippen LogP contribution >= 0.6 is 0 Å². The Kier molecular flexibility index (Phi) is 3.75. The number of carboxylic acid groups (broad SMARTS) is 1. The molecular formula is C11H17NO5. The second-order valence-electron chi connectivity index (χ2n) is 5.05. The topological polar surface area (TPSA) is 83.9 Å². The molecule has 0 spiro atoms. The summed E-state index contributed by atoms with van der Waals surface area (Å²) in [4.78, 5) is 34.9. The maximum Gasteiger partial charge on any atom is 0.417 e. The van der Waals surface area contributed by atoms with Crippen molar-refractivity contribution in [2.75, 3.05) is 6.54 Å². The number of nitrogens with zero attached hydrogens (tertiary/aromatic N) is 1. The van der Waals surface area contributed by atoms with Crippen molar-refractivity contribution >= 4 is 18.0 Å². The van der Waals surface area contributed by atoms with E-state index in [0.717, 1.165) is 4.90 Å². The Morgan fingerprint density at radius 2 is 2.00 bits per heavy atom. The molecule has 0 aromatic rings. The molecular weight excluding hydrogens is 226 g/mol. The minimum Gasteiger partial charge on any atom is -0.481 e. The van der Waals surface area contributed by atoms with Gasteiger partial charge >= 0.3 is 12.1 Å². The summed E-state index contributed by atoms with van der Waals surface area (Å²) in [5.41, 5.74) is -0.666. The lowest BCUT2D eigenvalue weighted by Crippen LogP contribution is -2.46. The van der Waals surface area contributed by atoms with E-state index in [1.807, 2.05) is 0 Å². The van der Waals surface area contributed by atoms with Crippen LogP contribution in [-0.2, 0) is 14.3 Å². The second-order valence-corrected chi connectivity index (χ2v) is 5.05. The first-order chi connectivity index (χ1) is 7.70. The van der Waals surface area contributed by atoms with Crippen LogP contribution < -0.4 is 0 Å². The Balaban J connectivity index is 2.61. The third-order valence-corrected chi connectivity index (χ3v) is 2.39. The zero-order valence-corrected chi connectivity index (χ0v) is 10.2. The fraction of sp³-hybridized carbons (Fsp3) is 0.727. The largest absolute Gasteiger partial charge is 0.481 e. The molecule has 0 aromatic carbocycles. The molecule has 1 aliphatic heterocycles. The van der Waals surface area contributed by atoms with Gasteiger partial charge in [0.15, 0.2) is 0 Å². The van der Waals surface area contributed by atoms with Gasteiger partial charge in [-0.25, -0.2) is 9.69 Å². The van der Waals surface area contributed by atoms with Crippen molar-refractivity contribution in [1.82, 2.24) is 4.90 Å². The van der Waals surface area contributed by atoms with Crippen LogP contribution in [0.25, 0.3) is 0 Å². The first-order valence-corrected chi connectivity index (χ1v) is 5.47. The van der Waals surface area contributed by atoms with E-state index in [9.17, 15) is 14.4 Å². The molecule has 1 N–H and O–H groups in total. The molecule has 0 bridgehead atoms. The van der Waals surface area contributed by atoms with Gasteiger partial charge in [-0.3, -0.25) is 9.59 Å². The van der Waals surface area contributed by atoms with Crippen LogP contribution in [0.4, 0.5) is 4.79 Å². The molecule has 6 heteroatoms. The van der Waals surface area contributed by atoms with Crippen LogP contribution in [0.1, 0.15) is 33.6 Å². The van der Waals surface area contributed by atoms with Gasteiger partial charge in [0.05, 0.1) is 5.92 Å². The highest BCUT2D eigenvalue weighted by Gasteiger charge is 2.35. The second kappa shape index (κ2) is 4.73. The first kappa shape index (κ1) is 13.5. The number of carbonyl (C=O) groups is 3. The van der Waals surface area contributed by atoms with E-state index >= 15 is 0 Å². The highest BCUT2D eigenvalue weighted by atomic mass is 16.6. The molecule has 0 saturated carbocycles. The summed E-state index contributed by atoms with van der Waals surface area (Å²) in [6.45, 7) is 5.23. The fourth-order valence-electron chi connectivity index (χ4n) is 1.55. The van der Waals surface area contributed by atoms with Gasteiger partial charge in [-0.05, 0) is 27.2 Å². The molecule has 2 amide bonds. The van der Waals surface area contributed by atoms with Crippen LogP contribution in [0, 0.1) is 5.92 Å². The van der Waals surface area contributed by atoms with Crippen LogP contribution in [0.3, 0.4) is 0 Å². The van der Waals surface area contributed by atoms with E-state index < -0.39 is 29.5 Å². The minimum atomic E-state index is -0.998. The summed E-state index contributed by atoms with van der Waals surface area (Å²) in [6.07, 6.45) is -0.569. The van der Waals surface area contributed by atoms with Gasteiger partial charge in [-0.15, -0.1) is 0 Å². The molecule has 1 aliphatic rings. The number of piperidine rings is 1. The Bertz CT molecular complexity index is 344. The molecule has 0 radical (unpaired) electrons. The lowest BCUT2D eigenvalue weighted by molar-refractivity contribution is -0.149. The van der Waals surface area contributed by atoms with Gasteiger partial charge in [0.1, 0.15) is 5.60 Å². The number of rotatable bonds is 1. The molecule has 6 nitrogen and oxygen atoms in total. The predicted octanol–water partition coefficient (Wildman–Crippen LogP) is 1.24. The zero-order valence-electron chi connectivity index (χ0n) is 10.2. The molecule has 1 heterocycles. The van der Waals surface area contributed by atoms with Gasteiger partial charge in [0, 0.05) is 13.0 Å². The number of hydrogen-bond acceptors (Lipinski definition) is 4. The van der Waals surface area contributed by atoms with E-state index in [2.05, 4.69) is 0 Å². The standard InChI is InChI=1S/C11H17NO5/c1-11(2,3)17-10(16)12-5-4-7(9(14)15)6-8(12)13/h7H,4-6H2,1-3H3,(H,14,15)/t7-/m1/s1. The van der Waals surface area contributed by atoms with Crippen LogP contribution in [0.15, 0.2) is 0 Å². The number of carboxylic acids is 1. The number of amides is 2. The van der Waals surface area contributed by atoms with Gasteiger partial charge in [-0.1, -0.05) is 0 Å². The molecule has 1 saturated heterocycles. The number of ether oxygens (including phenoxy) is 1. The molecule has 0 aromatic heterocycles. The Morgan fingerprint density at radius 1 is 1.41 bits per heavy atom. The Labute approximate surface area is 99.5 Å². The van der Waals surface area contributed by atoms with Gasteiger partial charge < -0.3 is 9.84 Å². The van der Waals surface area contributed by atoms with E-state index in [-0.39, 0.29) is 19.4 Å². The predicted molar refractivity (Wildman–Crippen MR) is 58.3 cm³/mol. The first-order valence-electron chi connectivity index (χ1n) is 5.47. The third-order valence-electron chi connectivity index (χ3n) is 2.39. The van der Waals surface area contributed by atoms with E-state index in [1.165, 1.54) is 0 Å². The molecule has 0 unspecified atom stereocenters. The summed E-state index contributed by atoms with van der Waals surface area (Å²) in [7, 11) is 0. The molecule has 96 valence electrons. The quantitative estimate of drug-likeness (QED) is 0.749. The summed E-state index contributed by atoms with van der Waals surface area (Å²) in [6, 6.07) is 0. The minimum absolute atomic E-state index is 0.102. The molecule has 1 fully saturated rings. The fourth-order valence-corrected chi connectivity index (χ4v) is 1.55. The summed E-state index contributed by atoms with van der Waals surface area (Å²) >= 11 is 0. The number of imide groups is 1. The van der Waals surface area contributed by atoms with E-state index in [0.29, 0.717) is 0 Å². The van der Waals surface area contributed by atoms with E-state index in [4.69, 9.17) is 9.84 Å². The SMILES string of the molecule is CC(C)(C)OC(=O)N1CC[C@@H](C(=O)O)CC1=O.